The number of nitrogen functional groups attached to an aromatic ring is 1. The van der Waals surface area contributed by atoms with E-state index in [1.54, 1.807) is 19.1 Å². The highest BCUT2D eigenvalue weighted by atomic mass is 19.1. The van der Waals surface area contributed by atoms with Crippen LogP contribution in [0.3, 0.4) is 0 Å². The second-order valence-electron chi connectivity index (χ2n) is 6.07. The van der Waals surface area contributed by atoms with Gasteiger partial charge in [-0.3, -0.25) is 5.32 Å². The standard InChI is InChI=1S/C18H19F2N3O2/c1-10-2-3-11(13(19)8-10)9-22-14-6-7-15(17(21)16(14)20)23-18(24)25-12-4-5-12/h2-3,6-8,12,22H,4-5,9,21H2,1H3,(H,23,24). The molecule has 0 unspecified atom stereocenters. The third kappa shape index (κ3) is 4.17. The van der Waals surface area contributed by atoms with Crippen molar-refractivity contribution in [1.82, 2.24) is 0 Å². The zero-order chi connectivity index (χ0) is 18.0. The smallest absolute Gasteiger partial charge is 0.411 e. The summed E-state index contributed by atoms with van der Waals surface area (Å²) in [6.45, 7) is 1.90. The fourth-order valence-electron chi connectivity index (χ4n) is 2.30. The highest BCUT2D eigenvalue weighted by Gasteiger charge is 2.26. The van der Waals surface area contributed by atoms with E-state index in [-0.39, 0.29) is 35.5 Å². The van der Waals surface area contributed by atoms with Crippen molar-refractivity contribution in [3.63, 3.8) is 0 Å². The maximum absolute atomic E-state index is 14.4. The van der Waals surface area contributed by atoms with Crippen molar-refractivity contribution in [1.29, 1.82) is 0 Å². The normalized spacial score (nSPS) is 13.4. The lowest BCUT2D eigenvalue weighted by Crippen LogP contribution is -2.16. The lowest BCUT2D eigenvalue weighted by atomic mass is 10.1. The molecule has 132 valence electrons. The molecule has 1 aliphatic carbocycles. The van der Waals surface area contributed by atoms with Crippen LogP contribution in [0.2, 0.25) is 0 Å². The van der Waals surface area contributed by atoms with Gasteiger partial charge in [0, 0.05) is 12.1 Å². The van der Waals surface area contributed by atoms with Crippen molar-refractivity contribution < 1.29 is 18.3 Å². The molecule has 1 amide bonds. The molecule has 1 fully saturated rings. The molecule has 0 saturated heterocycles. The molecular formula is C18H19F2N3O2. The van der Waals surface area contributed by atoms with E-state index >= 15 is 0 Å². The fourth-order valence-corrected chi connectivity index (χ4v) is 2.30. The van der Waals surface area contributed by atoms with E-state index in [2.05, 4.69) is 10.6 Å². The zero-order valence-corrected chi connectivity index (χ0v) is 13.7. The Morgan fingerprint density at radius 2 is 1.96 bits per heavy atom. The maximum Gasteiger partial charge on any atom is 0.411 e. The van der Waals surface area contributed by atoms with Gasteiger partial charge in [-0.25, -0.2) is 13.6 Å². The number of ether oxygens (including phenoxy) is 1. The summed E-state index contributed by atoms with van der Waals surface area (Å²) in [6.07, 6.45) is 0.971. The largest absolute Gasteiger partial charge is 0.446 e. The van der Waals surface area contributed by atoms with Gasteiger partial charge in [-0.15, -0.1) is 0 Å². The van der Waals surface area contributed by atoms with Gasteiger partial charge in [0.2, 0.25) is 0 Å². The summed E-state index contributed by atoms with van der Waals surface area (Å²) in [5.41, 5.74) is 7.02. The lowest BCUT2D eigenvalue weighted by Gasteiger charge is -2.13. The molecule has 5 nitrogen and oxygen atoms in total. The van der Waals surface area contributed by atoms with Gasteiger partial charge in [-0.2, -0.15) is 0 Å². The van der Waals surface area contributed by atoms with Gasteiger partial charge >= 0.3 is 6.09 Å². The van der Waals surface area contributed by atoms with Gasteiger partial charge in [0.15, 0.2) is 5.82 Å². The summed E-state index contributed by atoms with van der Waals surface area (Å²) < 4.78 is 33.2. The summed E-state index contributed by atoms with van der Waals surface area (Å²) in [4.78, 5) is 11.6. The van der Waals surface area contributed by atoms with Crippen molar-refractivity contribution in [3.05, 3.63) is 53.1 Å². The number of anilines is 3. The quantitative estimate of drug-likeness (QED) is 0.709. The van der Waals surface area contributed by atoms with Gasteiger partial charge < -0.3 is 15.8 Å². The molecule has 3 rings (SSSR count). The van der Waals surface area contributed by atoms with Crippen LogP contribution in [0.25, 0.3) is 0 Å². The molecular weight excluding hydrogens is 328 g/mol. The molecule has 0 radical (unpaired) electrons. The minimum Gasteiger partial charge on any atom is -0.446 e. The van der Waals surface area contributed by atoms with Crippen LogP contribution < -0.4 is 16.4 Å². The van der Waals surface area contributed by atoms with Crippen LogP contribution in [0.1, 0.15) is 24.0 Å². The van der Waals surface area contributed by atoms with Crippen molar-refractivity contribution >= 4 is 23.2 Å². The molecule has 0 bridgehead atoms. The van der Waals surface area contributed by atoms with Crippen LogP contribution in [0.5, 0.6) is 0 Å². The summed E-state index contributed by atoms with van der Waals surface area (Å²) in [7, 11) is 0. The first-order valence-electron chi connectivity index (χ1n) is 7.98. The Hall–Kier alpha value is -2.83. The van der Waals surface area contributed by atoms with Crippen LogP contribution >= 0.6 is 0 Å². The Kier molecular flexibility index (Phi) is 4.74. The van der Waals surface area contributed by atoms with Crippen molar-refractivity contribution in [3.8, 4) is 0 Å². The SMILES string of the molecule is Cc1ccc(CNc2ccc(NC(=O)OC3CC3)c(N)c2F)c(F)c1. The van der Waals surface area contributed by atoms with E-state index < -0.39 is 11.9 Å². The Bertz CT molecular complexity index is 807. The van der Waals surface area contributed by atoms with Gasteiger partial charge in [0.25, 0.3) is 0 Å². The first-order chi connectivity index (χ1) is 11.9. The number of nitrogens with one attached hydrogen (secondary N) is 2. The van der Waals surface area contributed by atoms with Crippen LogP contribution in [-0.4, -0.2) is 12.2 Å². The molecule has 0 atom stereocenters. The first kappa shape index (κ1) is 17.0. The fraction of sp³-hybridized carbons (Fsp3) is 0.278. The zero-order valence-electron chi connectivity index (χ0n) is 13.7. The summed E-state index contributed by atoms with van der Waals surface area (Å²) in [6, 6.07) is 7.75. The van der Waals surface area contributed by atoms with Crippen LogP contribution in [0.4, 0.5) is 30.6 Å². The molecule has 2 aromatic carbocycles. The topological polar surface area (TPSA) is 76.4 Å². The number of rotatable bonds is 5. The van der Waals surface area contributed by atoms with Crippen LogP contribution in [-0.2, 0) is 11.3 Å². The molecule has 0 aromatic heterocycles. The number of hydrogen-bond donors (Lipinski definition) is 3. The third-order valence-corrected chi connectivity index (χ3v) is 3.89. The predicted molar refractivity (Wildman–Crippen MR) is 92.4 cm³/mol. The Morgan fingerprint density at radius 3 is 2.64 bits per heavy atom. The minimum absolute atomic E-state index is 0.0589. The van der Waals surface area contributed by atoms with Crippen molar-refractivity contribution in [2.75, 3.05) is 16.4 Å². The highest BCUT2D eigenvalue weighted by Crippen LogP contribution is 2.30. The van der Waals surface area contributed by atoms with Gasteiger partial charge in [0.05, 0.1) is 17.1 Å². The van der Waals surface area contributed by atoms with Gasteiger partial charge in [0.1, 0.15) is 11.9 Å². The number of carbonyl (C=O) groups excluding carboxylic acids is 1. The highest BCUT2D eigenvalue weighted by molar-refractivity contribution is 5.90. The molecule has 7 heteroatoms. The van der Waals surface area contributed by atoms with E-state index in [9.17, 15) is 13.6 Å². The molecule has 0 aliphatic heterocycles. The molecule has 25 heavy (non-hydrogen) atoms. The van der Waals surface area contributed by atoms with E-state index in [0.29, 0.717) is 5.56 Å². The van der Waals surface area contributed by atoms with Crippen molar-refractivity contribution in [2.24, 2.45) is 0 Å². The second-order valence-corrected chi connectivity index (χ2v) is 6.07. The summed E-state index contributed by atoms with van der Waals surface area (Å²) in [5.74, 6) is -1.07. The number of benzene rings is 2. The second kappa shape index (κ2) is 6.96. The molecule has 2 aromatic rings. The third-order valence-electron chi connectivity index (χ3n) is 3.89. The monoisotopic (exact) mass is 347 g/mol. The minimum atomic E-state index is -0.711. The van der Waals surface area contributed by atoms with E-state index in [4.69, 9.17) is 10.5 Å². The summed E-state index contributed by atoms with van der Waals surface area (Å²) >= 11 is 0. The summed E-state index contributed by atoms with van der Waals surface area (Å²) in [5, 5.41) is 5.24. The van der Waals surface area contributed by atoms with Crippen molar-refractivity contribution in [2.45, 2.75) is 32.4 Å². The Balaban J connectivity index is 1.67. The number of carbonyl (C=O) groups is 1. The first-order valence-corrected chi connectivity index (χ1v) is 7.98. The molecule has 1 aliphatic rings. The van der Waals surface area contributed by atoms with Gasteiger partial charge in [-0.05, 0) is 43.5 Å². The Labute approximate surface area is 144 Å². The molecule has 1 saturated carbocycles. The number of amides is 1. The van der Waals surface area contributed by atoms with Crippen LogP contribution in [0.15, 0.2) is 30.3 Å². The molecule has 0 spiro atoms. The molecule has 4 N–H and O–H groups in total. The average molecular weight is 347 g/mol. The van der Waals surface area contributed by atoms with E-state index in [1.165, 1.54) is 18.2 Å². The maximum atomic E-state index is 14.4. The Morgan fingerprint density at radius 1 is 1.24 bits per heavy atom. The van der Waals surface area contributed by atoms with E-state index in [0.717, 1.165) is 18.4 Å². The molecule has 0 heterocycles. The number of aryl methyl sites for hydroxylation is 1. The average Bonchev–Trinajstić information content (AvgIpc) is 3.36. The number of nitrogens with two attached hydrogens (primary N) is 1. The van der Waals surface area contributed by atoms with E-state index in [1.807, 2.05) is 0 Å². The number of halogens is 2. The lowest BCUT2D eigenvalue weighted by molar-refractivity contribution is 0.154. The van der Waals surface area contributed by atoms with Gasteiger partial charge in [-0.1, -0.05) is 12.1 Å². The predicted octanol–water partition coefficient (Wildman–Crippen LogP) is 4.18. The number of hydrogen-bond acceptors (Lipinski definition) is 4. The van der Waals surface area contributed by atoms with Crippen LogP contribution in [0, 0.1) is 18.6 Å².